The highest BCUT2D eigenvalue weighted by molar-refractivity contribution is 7.99. The Morgan fingerprint density at radius 1 is 1.44 bits per heavy atom. The van der Waals surface area contributed by atoms with E-state index < -0.39 is 5.97 Å². The van der Waals surface area contributed by atoms with E-state index in [1.54, 1.807) is 10.9 Å². The monoisotopic (exact) mass is 266 g/mol. The van der Waals surface area contributed by atoms with Gasteiger partial charge in [-0.1, -0.05) is 11.8 Å². The summed E-state index contributed by atoms with van der Waals surface area (Å²) >= 11 is 1.19. The first-order valence-corrected chi connectivity index (χ1v) is 6.37. The second kappa shape index (κ2) is 4.85. The molecule has 7 heteroatoms. The molecule has 2 heterocycles. The van der Waals surface area contributed by atoms with Gasteiger partial charge < -0.3 is 5.11 Å². The maximum Gasteiger partial charge on any atom is 0.313 e. The van der Waals surface area contributed by atoms with E-state index in [0.29, 0.717) is 5.16 Å². The molecule has 0 unspecified atom stereocenters. The van der Waals surface area contributed by atoms with Gasteiger partial charge in [-0.05, 0) is 13.8 Å². The number of aliphatic carboxylic acids is 1. The van der Waals surface area contributed by atoms with Crippen LogP contribution in [0.4, 0.5) is 0 Å². The lowest BCUT2D eigenvalue weighted by Gasteiger charge is -2.04. The number of carboxylic acids is 1. The lowest BCUT2D eigenvalue weighted by atomic mass is 10.4. The molecule has 0 aliphatic rings. The summed E-state index contributed by atoms with van der Waals surface area (Å²) in [7, 11) is 1.87. The van der Waals surface area contributed by atoms with Crippen LogP contribution in [0.3, 0.4) is 0 Å². The van der Waals surface area contributed by atoms with Crippen molar-refractivity contribution in [2.45, 2.75) is 19.0 Å². The topological polar surface area (TPSA) is 72.9 Å². The van der Waals surface area contributed by atoms with Gasteiger partial charge in [-0.25, -0.2) is 4.98 Å². The van der Waals surface area contributed by atoms with E-state index in [9.17, 15) is 4.79 Å². The minimum absolute atomic E-state index is 0.0116. The number of carbonyl (C=O) groups is 1. The molecule has 0 aliphatic heterocycles. The molecule has 6 nitrogen and oxygen atoms in total. The van der Waals surface area contributed by atoms with Gasteiger partial charge in [0.05, 0.1) is 5.75 Å². The van der Waals surface area contributed by atoms with Crippen molar-refractivity contribution in [2.75, 3.05) is 5.75 Å². The SMILES string of the molecule is Cc1cc(-n2c(C)cnc2SCC(=O)O)nn1C. The highest BCUT2D eigenvalue weighted by Gasteiger charge is 2.14. The zero-order chi connectivity index (χ0) is 13.3. The zero-order valence-electron chi connectivity index (χ0n) is 10.4. The van der Waals surface area contributed by atoms with E-state index in [0.717, 1.165) is 17.2 Å². The summed E-state index contributed by atoms with van der Waals surface area (Å²) in [5.74, 6) is -0.107. The number of aryl methyl sites for hydroxylation is 3. The minimum atomic E-state index is -0.857. The Kier molecular flexibility index (Phi) is 3.42. The second-order valence-electron chi connectivity index (χ2n) is 3.97. The van der Waals surface area contributed by atoms with Gasteiger partial charge in [-0.2, -0.15) is 5.10 Å². The van der Waals surface area contributed by atoms with Gasteiger partial charge in [0.15, 0.2) is 11.0 Å². The number of rotatable bonds is 4. The van der Waals surface area contributed by atoms with Gasteiger partial charge in [-0.3, -0.25) is 14.0 Å². The quantitative estimate of drug-likeness (QED) is 0.847. The Balaban J connectivity index is 2.37. The Labute approximate surface area is 109 Å². The van der Waals surface area contributed by atoms with Gasteiger partial charge >= 0.3 is 5.97 Å². The number of imidazole rings is 1. The largest absolute Gasteiger partial charge is 0.481 e. The van der Waals surface area contributed by atoms with Crippen LogP contribution in [0.1, 0.15) is 11.4 Å². The Hall–Kier alpha value is -1.76. The van der Waals surface area contributed by atoms with Crippen molar-refractivity contribution in [3.8, 4) is 5.82 Å². The Morgan fingerprint density at radius 2 is 2.17 bits per heavy atom. The lowest BCUT2D eigenvalue weighted by molar-refractivity contribution is -0.133. The smallest absolute Gasteiger partial charge is 0.313 e. The first-order valence-electron chi connectivity index (χ1n) is 5.39. The van der Waals surface area contributed by atoms with E-state index >= 15 is 0 Å². The third-order valence-electron chi connectivity index (χ3n) is 2.56. The number of hydrogen-bond donors (Lipinski definition) is 1. The predicted molar refractivity (Wildman–Crippen MR) is 68.2 cm³/mol. The molecule has 2 aromatic heterocycles. The summed E-state index contributed by atoms with van der Waals surface area (Å²) in [4.78, 5) is 14.8. The van der Waals surface area contributed by atoms with E-state index in [-0.39, 0.29) is 5.75 Å². The van der Waals surface area contributed by atoms with Crippen LogP contribution in [-0.2, 0) is 11.8 Å². The van der Waals surface area contributed by atoms with Gasteiger partial charge in [-0.15, -0.1) is 0 Å². The Bertz CT molecular complexity index is 568. The molecule has 2 aromatic rings. The van der Waals surface area contributed by atoms with Crippen LogP contribution >= 0.6 is 11.8 Å². The van der Waals surface area contributed by atoms with E-state index in [1.807, 2.05) is 31.5 Å². The molecule has 0 amide bonds. The fraction of sp³-hybridized carbons (Fsp3) is 0.364. The van der Waals surface area contributed by atoms with Crippen molar-refractivity contribution in [1.82, 2.24) is 19.3 Å². The summed E-state index contributed by atoms with van der Waals surface area (Å²) in [6, 6.07) is 1.94. The fourth-order valence-electron chi connectivity index (χ4n) is 1.57. The van der Waals surface area contributed by atoms with Gasteiger partial charge in [0, 0.05) is 30.7 Å². The first kappa shape index (κ1) is 12.7. The third kappa shape index (κ3) is 2.40. The predicted octanol–water partition coefficient (Wildman–Crippen LogP) is 1.40. The van der Waals surface area contributed by atoms with Gasteiger partial charge in [0.25, 0.3) is 0 Å². The third-order valence-corrected chi connectivity index (χ3v) is 3.50. The molecule has 0 aromatic carbocycles. The van der Waals surface area contributed by atoms with E-state index in [2.05, 4.69) is 10.1 Å². The molecule has 0 radical (unpaired) electrons. The van der Waals surface area contributed by atoms with Crippen LogP contribution in [0.25, 0.3) is 5.82 Å². The minimum Gasteiger partial charge on any atom is -0.481 e. The molecular weight excluding hydrogens is 252 g/mol. The summed E-state index contributed by atoms with van der Waals surface area (Å²) < 4.78 is 3.64. The first-order chi connectivity index (χ1) is 8.49. The molecule has 0 aliphatic carbocycles. The number of hydrogen-bond acceptors (Lipinski definition) is 4. The van der Waals surface area contributed by atoms with Crippen molar-refractivity contribution in [2.24, 2.45) is 7.05 Å². The zero-order valence-corrected chi connectivity index (χ0v) is 11.2. The second-order valence-corrected chi connectivity index (χ2v) is 4.91. The summed E-state index contributed by atoms with van der Waals surface area (Å²) in [6.07, 6.45) is 1.72. The molecule has 0 saturated heterocycles. The van der Waals surface area contributed by atoms with E-state index in [4.69, 9.17) is 5.11 Å². The van der Waals surface area contributed by atoms with Crippen LogP contribution in [0.2, 0.25) is 0 Å². The maximum absolute atomic E-state index is 10.6. The van der Waals surface area contributed by atoms with Crippen LogP contribution < -0.4 is 0 Å². The van der Waals surface area contributed by atoms with Crippen molar-refractivity contribution in [1.29, 1.82) is 0 Å². The maximum atomic E-state index is 10.6. The Morgan fingerprint density at radius 3 is 2.72 bits per heavy atom. The van der Waals surface area contributed by atoms with Crippen LogP contribution in [0, 0.1) is 13.8 Å². The van der Waals surface area contributed by atoms with Crippen LogP contribution in [0.5, 0.6) is 0 Å². The lowest BCUT2D eigenvalue weighted by Crippen LogP contribution is -2.04. The fourth-order valence-corrected chi connectivity index (χ4v) is 2.32. The normalized spacial score (nSPS) is 10.8. The highest BCUT2D eigenvalue weighted by atomic mass is 32.2. The van der Waals surface area contributed by atoms with Gasteiger partial charge in [0.2, 0.25) is 0 Å². The highest BCUT2D eigenvalue weighted by Crippen LogP contribution is 2.22. The molecule has 2 rings (SSSR count). The van der Waals surface area contributed by atoms with Crippen LogP contribution in [-0.4, -0.2) is 36.2 Å². The van der Waals surface area contributed by atoms with Crippen molar-refractivity contribution in [3.05, 3.63) is 23.7 Å². The summed E-state index contributed by atoms with van der Waals surface area (Å²) in [5, 5.41) is 13.7. The molecular formula is C11H14N4O2S. The molecule has 0 bridgehead atoms. The number of nitrogens with zero attached hydrogens (tertiary/aromatic N) is 4. The summed E-state index contributed by atoms with van der Waals surface area (Å²) in [5.41, 5.74) is 1.97. The standard InChI is InChI=1S/C11H14N4O2S/c1-7-4-9(13-14(7)3)15-8(2)5-12-11(15)18-6-10(16)17/h4-5H,6H2,1-3H3,(H,16,17). The number of carboxylic acid groups (broad SMARTS) is 1. The van der Waals surface area contributed by atoms with E-state index in [1.165, 1.54) is 11.8 Å². The number of thioether (sulfide) groups is 1. The van der Waals surface area contributed by atoms with Crippen molar-refractivity contribution >= 4 is 17.7 Å². The molecule has 18 heavy (non-hydrogen) atoms. The average Bonchev–Trinajstić information content (AvgIpc) is 2.80. The molecule has 0 atom stereocenters. The molecule has 96 valence electrons. The summed E-state index contributed by atoms with van der Waals surface area (Å²) in [6.45, 7) is 3.88. The molecule has 0 spiro atoms. The molecule has 0 fully saturated rings. The number of aromatic nitrogens is 4. The van der Waals surface area contributed by atoms with Crippen molar-refractivity contribution < 1.29 is 9.90 Å². The average molecular weight is 266 g/mol. The van der Waals surface area contributed by atoms with Gasteiger partial charge in [0.1, 0.15) is 0 Å². The van der Waals surface area contributed by atoms with Crippen molar-refractivity contribution in [3.63, 3.8) is 0 Å². The molecule has 0 saturated carbocycles. The molecule has 1 N–H and O–H groups in total. The van der Waals surface area contributed by atoms with Crippen LogP contribution in [0.15, 0.2) is 17.4 Å².